The number of benzene rings is 1. The van der Waals surface area contributed by atoms with Crippen LogP contribution in [0.25, 0.3) is 0 Å². The van der Waals surface area contributed by atoms with Crippen molar-refractivity contribution in [3.8, 4) is 11.8 Å². The highest BCUT2D eigenvalue weighted by Crippen LogP contribution is 2.34. The number of hydrogen-bond donors (Lipinski definition) is 2. The van der Waals surface area contributed by atoms with Gasteiger partial charge in [0, 0.05) is 12.5 Å². The van der Waals surface area contributed by atoms with Gasteiger partial charge in [-0.25, -0.2) is 0 Å². The fraction of sp³-hybridized carbons (Fsp3) is 0.500. The zero-order chi connectivity index (χ0) is 16.2. The largest absolute Gasteiger partial charge is 0.394 e. The third kappa shape index (κ3) is 3.63. The number of nitro benzene ring substituents is 1. The van der Waals surface area contributed by atoms with Crippen molar-refractivity contribution in [1.29, 1.82) is 0 Å². The zero-order valence-corrected chi connectivity index (χ0v) is 12.4. The highest BCUT2D eigenvalue weighted by atomic mass is 16.6. The molecule has 1 aromatic rings. The predicted molar refractivity (Wildman–Crippen MR) is 80.2 cm³/mol. The maximum absolute atomic E-state index is 10.9. The third-order valence-corrected chi connectivity index (χ3v) is 3.93. The van der Waals surface area contributed by atoms with E-state index in [2.05, 4.69) is 11.8 Å². The number of nitro groups is 1. The van der Waals surface area contributed by atoms with Gasteiger partial charge in [-0.1, -0.05) is 24.0 Å². The first kappa shape index (κ1) is 16.4. The lowest BCUT2D eigenvalue weighted by Gasteiger charge is -2.28. The number of ether oxygens (including phenoxy) is 1. The summed E-state index contributed by atoms with van der Waals surface area (Å²) in [6.45, 7) is 1.43. The topological polar surface area (TPSA) is 92.8 Å². The molecule has 2 N–H and O–H groups in total. The molecule has 22 heavy (non-hydrogen) atoms. The average molecular weight is 305 g/mol. The molecule has 2 rings (SSSR count). The standard InChI is InChI=1S/C16H19NO5/c1-16(15(19)11-18)10-9-13(22-16)7-4-6-12-5-2-3-8-14(12)17(20)21/h2-3,5,8,13,15,18-19H,7,9-11H2,1H3/t13-,15+,16+/m1/s1. The maximum Gasteiger partial charge on any atom is 0.284 e. The highest BCUT2D eigenvalue weighted by molar-refractivity contribution is 5.50. The minimum Gasteiger partial charge on any atom is -0.394 e. The summed E-state index contributed by atoms with van der Waals surface area (Å²) in [4.78, 5) is 10.4. The lowest BCUT2D eigenvalue weighted by molar-refractivity contribution is -0.385. The van der Waals surface area contributed by atoms with E-state index in [0.717, 1.165) is 6.42 Å². The minimum atomic E-state index is -0.916. The number of rotatable bonds is 4. The van der Waals surface area contributed by atoms with Gasteiger partial charge in [0.2, 0.25) is 0 Å². The smallest absolute Gasteiger partial charge is 0.284 e. The Morgan fingerprint density at radius 1 is 1.55 bits per heavy atom. The number of para-hydroxylation sites is 1. The first-order valence-electron chi connectivity index (χ1n) is 7.15. The van der Waals surface area contributed by atoms with Crippen LogP contribution in [0.5, 0.6) is 0 Å². The molecule has 1 aliphatic heterocycles. The molecule has 0 aliphatic carbocycles. The zero-order valence-electron chi connectivity index (χ0n) is 12.4. The van der Waals surface area contributed by atoms with Gasteiger partial charge in [0.25, 0.3) is 5.69 Å². The molecule has 3 atom stereocenters. The normalized spacial score (nSPS) is 25.3. The van der Waals surface area contributed by atoms with E-state index in [1.807, 2.05) is 0 Å². The second-order valence-electron chi connectivity index (χ2n) is 5.57. The molecule has 0 spiro atoms. The van der Waals surface area contributed by atoms with Crippen LogP contribution in [0, 0.1) is 22.0 Å². The number of hydrogen-bond acceptors (Lipinski definition) is 5. The quantitative estimate of drug-likeness (QED) is 0.501. The number of nitrogens with zero attached hydrogens (tertiary/aromatic N) is 1. The van der Waals surface area contributed by atoms with Crippen LogP contribution < -0.4 is 0 Å². The van der Waals surface area contributed by atoms with Crippen LogP contribution in [-0.4, -0.2) is 39.6 Å². The Hall–Kier alpha value is -1.94. The molecule has 118 valence electrons. The molecule has 6 heteroatoms. The molecule has 0 bridgehead atoms. The van der Waals surface area contributed by atoms with Gasteiger partial charge in [0.15, 0.2) is 0 Å². The highest BCUT2D eigenvalue weighted by Gasteiger charge is 2.41. The summed E-state index contributed by atoms with van der Waals surface area (Å²) in [5.74, 6) is 5.72. The van der Waals surface area contributed by atoms with Crippen molar-refractivity contribution in [2.24, 2.45) is 0 Å². The van der Waals surface area contributed by atoms with Crippen LogP contribution in [0.2, 0.25) is 0 Å². The van der Waals surface area contributed by atoms with E-state index in [0.29, 0.717) is 18.4 Å². The summed E-state index contributed by atoms with van der Waals surface area (Å²) < 4.78 is 5.77. The van der Waals surface area contributed by atoms with E-state index in [-0.39, 0.29) is 18.4 Å². The van der Waals surface area contributed by atoms with E-state index in [9.17, 15) is 15.2 Å². The first-order chi connectivity index (χ1) is 10.5. The van der Waals surface area contributed by atoms with Crippen LogP contribution >= 0.6 is 0 Å². The minimum absolute atomic E-state index is 0.0112. The summed E-state index contributed by atoms with van der Waals surface area (Å²) in [6.07, 6.45) is 0.757. The van der Waals surface area contributed by atoms with Gasteiger partial charge in [0.05, 0.1) is 23.2 Å². The van der Waals surface area contributed by atoms with Gasteiger partial charge in [0.1, 0.15) is 11.7 Å². The van der Waals surface area contributed by atoms with Crippen molar-refractivity contribution in [2.75, 3.05) is 6.61 Å². The van der Waals surface area contributed by atoms with Gasteiger partial charge in [-0.2, -0.15) is 0 Å². The first-order valence-corrected chi connectivity index (χ1v) is 7.15. The molecule has 0 radical (unpaired) electrons. The Morgan fingerprint density at radius 2 is 2.27 bits per heavy atom. The molecule has 0 amide bonds. The Labute approximate surface area is 128 Å². The van der Waals surface area contributed by atoms with Crippen LogP contribution in [0.4, 0.5) is 5.69 Å². The SMILES string of the molecule is C[C@@]1([C@@H](O)CO)CC[C@@H](CC#Cc2ccccc2[N+](=O)[O-])O1. The Morgan fingerprint density at radius 3 is 2.95 bits per heavy atom. The van der Waals surface area contributed by atoms with Crippen molar-refractivity contribution in [1.82, 2.24) is 0 Å². The summed E-state index contributed by atoms with van der Waals surface area (Å²) in [7, 11) is 0. The Balaban J connectivity index is 2.00. The Bertz CT molecular complexity index is 606. The average Bonchev–Trinajstić information content (AvgIpc) is 2.89. The summed E-state index contributed by atoms with van der Waals surface area (Å²) in [6, 6.07) is 6.34. The molecular formula is C16H19NO5. The van der Waals surface area contributed by atoms with Crippen molar-refractivity contribution in [3.63, 3.8) is 0 Å². The summed E-state index contributed by atoms with van der Waals surface area (Å²) >= 11 is 0. The van der Waals surface area contributed by atoms with Crippen LogP contribution in [-0.2, 0) is 4.74 Å². The summed E-state index contributed by atoms with van der Waals surface area (Å²) in [5, 5.41) is 29.7. The van der Waals surface area contributed by atoms with E-state index < -0.39 is 16.6 Å². The molecule has 1 fully saturated rings. The van der Waals surface area contributed by atoms with E-state index in [1.54, 1.807) is 25.1 Å². The Kier molecular flexibility index (Phi) is 5.14. The molecule has 0 aromatic heterocycles. The lowest BCUT2D eigenvalue weighted by atomic mass is 9.96. The fourth-order valence-electron chi connectivity index (χ4n) is 2.53. The lowest BCUT2D eigenvalue weighted by Crippen LogP contribution is -2.41. The van der Waals surface area contributed by atoms with Gasteiger partial charge >= 0.3 is 0 Å². The van der Waals surface area contributed by atoms with Crippen LogP contribution in [0.3, 0.4) is 0 Å². The molecule has 1 aliphatic rings. The molecule has 1 heterocycles. The molecule has 0 unspecified atom stereocenters. The van der Waals surface area contributed by atoms with Gasteiger partial charge < -0.3 is 14.9 Å². The molecule has 1 saturated heterocycles. The van der Waals surface area contributed by atoms with Crippen molar-refractivity contribution >= 4 is 5.69 Å². The van der Waals surface area contributed by atoms with Crippen LogP contribution in [0.1, 0.15) is 31.7 Å². The second kappa shape index (κ2) is 6.88. The van der Waals surface area contributed by atoms with E-state index >= 15 is 0 Å². The fourth-order valence-corrected chi connectivity index (χ4v) is 2.53. The maximum atomic E-state index is 10.9. The van der Waals surface area contributed by atoms with Crippen molar-refractivity contribution < 1.29 is 19.9 Å². The van der Waals surface area contributed by atoms with Crippen molar-refractivity contribution in [2.45, 2.75) is 44.0 Å². The van der Waals surface area contributed by atoms with E-state index in [4.69, 9.17) is 9.84 Å². The number of aliphatic hydroxyl groups excluding tert-OH is 2. The van der Waals surface area contributed by atoms with E-state index in [1.165, 1.54) is 6.07 Å². The van der Waals surface area contributed by atoms with Gasteiger partial charge in [-0.05, 0) is 25.8 Å². The molecular weight excluding hydrogens is 286 g/mol. The summed E-state index contributed by atoms with van der Waals surface area (Å²) in [5.41, 5.74) is -0.383. The molecule has 1 aromatic carbocycles. The number of aliphatic hydroxyl groups is 2. The monoisotopic (exact) mass is 305 g/mol. The van der Waals surface area contributed by atoms with Crippen molar-refractivity contribution in [3.05, 3.63) is 39.9 Å². The second-order valence-corrected chi connectivity index (χ2v) is 5.57. The van der Waals surface area contributed by atoms with Crippen LogP contribution in [0.15, 0.2) is 24.3 Å². The van der Waals surface area contributed by atoms with Gasteiger partial charge in [-0.3, -0.25) is 10.1 Å². The molecule has 6 nitrogen and oxygen atoms in total. The molecule has 0 saturated carbocycles. The van der Waals surface area contributed by atoms with Gasteiger partial charge in [-0.15, -0.1) is 0 Å². The predicted octanol–water partition coefficient (Wildman–Crippen LogP) is 1.63. The third-order valence-electron chi connectivity index (χ3n) is 3.93.